The van der Waals surface area contributed by atoms with Crippen LogP contribution in [-0.4, -0.2) is 85.2 Å². The predicted octanol–water partition coefficient (Wildman–Crippen LogP) is 19.2. The second-order valence-electron chi connectivity index (χ2n) is 22.6. The number of esters is 3. The van der Waals surface area contributed by atoms with Crippen molar-refractivity contribution in [3.8, 4) is 0 Å². The van der Waals surface area contributed by atoms with Gasteiger partial charge in [0.25, 0.3) is 0 Å². The molecule has 0 aromatic rings. The number of carbonyl (C=O) groups excluding carboxylic acids is 3. The van der Waals surface area contributed by atoms with Gasteiger partial charge in [-0.2, -0.15) is 0 Å². The van der Waals surface area contributed by atoms with Crippen LogP contribution in [0.3, 0.4) is 0 Å². The molecule has 9 nitrogen and oxygen atoms in total. The van der Waals surface area contributed by atoms with Crippen LogP contribution >= 0.6 is 0 Å². The van der Waals surface area contributed by atoms with Gasteiger partial charge in [-0.05, 0) is 32.2 Å². The third-order valence-electron chi connectivity index (χ3n) is 15.0. The fraction of sp³-hybridized carbons (Fsp3) is 0.955. The molecule has 0 unspecified atom stereocenters. The van der Waals surface area contributed by atoms with Crippen LogP contribution in [0.2, 0.25) is 0 Å². The van der Waals surface area contributed by atoms with Gasteiger partial charge in [-0.25, -0.2) is 0 Å². The van der Waals surface area contributed by atoms with E-state index in [1.807, 2.05) is 0 Å². The summed E-state index contributed by atoms with van der Waals surface area (Å²) in [6, 6.07) is 0. The molecule has 0 aliphatic rings. The molecule has 0 aliphatic carbocycles. The molecule has 0 rings (SSSR count). The van der Waals surface area contributed by atoms with Crippen molar-refractivity contribution in [1.82, 2.24) is 4.90 Å². The zero-order valence-corrected chi connectivity index (χ0v) is 50.9. The third kappa shape index (κ3) is 64.7. The van der Waals surface area contributed by atoms with Crippen LogP contribution in [0.25, 0.3) is 0 Å². The maximum Gasteiger partial charge on any atom is 0.306 e. The summed E-state index contributed by atoms with van der Waals surface area (Å²) in [6.07, 6.45) is 61.6. The van der Waals surface area contributed by atoms with Gasteiger partial charge in [0.1, 0.15) is 13.2 Å². The molecule has 75 heavy (non-hydrogen) atoms. The summed E-state index contributed by atoms with van der Waals surface area (Å²) < 4.78 is 16.9. The van der Waals surface area contributed by atoms with Crippen LogP contribution in [0.15, 0.2) is 0 Å². The minimum absolute atomic E-state index is 0.0611. The highest BCUT2D eigenvalue weighted by atomic mass is 16.6. The second kappa shape index (κ2) is 66.6. The Hall–Kier alpha value is -1.71. The highest BCUT2D eigenvalue weighted by Gasteiger charge is 2.19. The first-order valence-electron chi connectivity index (χ1n) is 33.3. The van der Waals surface area contributed by atoms with Crippen LogP contribution in [0.1, 0.15) is 355 Å². The molecule has 0 saturated heterocycles. The first-order valence-corrected chi connectivity index (χ1v) is 33.3. The number of hydrogen-bond acceptors (Lipinski definition) is 9. The van der Waals surface area contributed by atoms with Gasteiger partial charge in [-0.3, -0.25) is 19.3 Å². The van der Waals surface area contributed by atoms with Crippen LogP contribution in [-0.2, 0) is 28.6 Å². The maximum absolute atomic E-state index is 12.8. The van der Waals surface area contributed by atoms with Gasteiger partial charge in [0.15, 0.2) is 6.10 Å². The fourth-order valence-electron chi connectivity index (χ4n) is 10.0. The van der Waals surface area contributed by atoms with Crippen molar-refractivity contribution < 1.29 is 38.8 Å². The van der Waals surface area contributed by atoms with E-state index in [4.69, 9.17) is 24.4 Å². The summed E-state index contributed by atoms with van der Waals surface area (Å²) in [5, 5.41) is 17.4. The molecule has 9 heteroatoms. The van der Waals surface area contributed by atoms with Gasteiger partial charge in [0.05, 0.1) is 13.2 Å². The zero-order chi connectivity index (χ0) is 55.0. The Balaban J connectivity index is 0. The molecular formula is C66H131NO8. The Labute approximate surface area is 467 Å². The molecule has 0 fully saturated rings. The summed E-state index contributed by atoms with van der Waals surface area (Å²) in [6.45, 7) is 11.6. The largest absolute Gasteiger partial charge is 0.462 e. The molecule has 0 atom stereocenters. The Morgan fingerprint density at radius 1 is 0.293 bits per heavy atom. The number of hydrogen-bond donors (Lipinski definition) is 2. The van der Waals surface area contributed by atoms with Crippen molar-refractivity contribution in [2.75, 3.05) is 46.1 Å². The van der Waals surface area contributed by atoms with Crippen molar-refractivity contribution in [3.63, 3.8) is 0 Å². The summed E-state index contributed by atoms with van der Waals surface area (Å²) in [5.41, 5.74) is 0. The molecule has 0 radical (unpaired) electrons. The van der Waals surface area contributed by atoms with E-state index >= 15 is 0 Å². The fourth-order valence-corrected chi connectivity index (χ4v) is 10.0. The van der Waals surface area contributed by atoms with Gasteiger partial charge < -0.3 is 24.4 Å². The average Bonchev–Trinajstić information content (AvgIpc) is 3.40. The SMILES string of the molecule is CCCCCCCCCCCCCCCCCC(=O)OCC(COC(=O)CCCCCCCCCCCCCCCCC)OC(=O)CCCCCCCCCCCCCCCCC.CCCCCN(CCO)CCO. The maximum atomic E-state index is 12.8. The molecular weight excluding hydrogens is 935 g/mol. The van der Waals surface area contributed by atoms with Gasteiger partial charge in [0.2, 0.25) is 0 Å². The Morgan fingerprint density at radius 2 is 0.507 bits per heavy atom. The van der Waals surface area contributed by atoms with E-state index in [0.717, 1.165) is 70.8 Å². The summed E-state index contributed by atoms with van der Waals surface area (Å²) in [5.74, 6) is -0.832. The van der Waals surface area contributed by atoms with E-state index in [1.54, 1.807) is 0 Å². The monoisotopic (exact) mass is 1070 g/mol. The molecule has 0 spiro atoms. The number of unbranched alkanes of at least 4 members (excludes halogenated alkanes) is 44. The molecule has 0 aromatic heterocycles. The number of ether oxygens (including phenoxy) is 3. The first kappa shape index (κ1) is 75.4. The van der Waals surface area contributed by atoms with E-state index < -0.39 is 6.10 Å². The lowest BCUT2D eigenvalue weighted by Gasteiger charge is -2.19. The molecule has 0 saturated carbocycles. The number of rotatable bonds is 61. The number of carbonyl (C=O) groups is 3. The van der Waals surface area contributed by atoms with Crippen molar-refractivity contribution in [1.29, 1.82) is 0 Å². The van der Waals surface area contributed by atoms with Gasteiger partial charge in [-0.1, -0.05) is 310 Å². The number of nitrogens with zero attached hydrogens (tertiary/aromatic N) is 1. The Morgan fingerprint density at radius 3 is 0.747 bits per heavy atom. The van der Waals surface area contributed by atoms with E-state index in [2.05, 4.69) is 32.6 Å². The lowest BCUT2D eigenvalue weighted by atomic mass is 10.0. The van der Waals surface area contributed by atoms with E-state index in [0.29, 0.717) is 32.4 Å². The van der Waals surface area contributed by atoms with E-state index in [1.165, 1.54) is 244 Å². The van der Waals surface area contributed by atoms with E-state index in [-0.39, 0.29) is 44.3 Å². The summed E-state index contributed by atoms with van der Waals surface area (Å²) in [7, 11) is 0. The quantitative estimate of drug-likeness (QED) is 0.0348. The minimum Gasteiger partial charge on any atom is -0.462 e. The normalized spacial score (nSPS) is 11.4. The molecule has 0 bridgehead atoms. The molecule has 0 aliphatic heterocycles. The number of aliphatic hydroxyl groups excluding tert-OH is 2. The van der Waals surface area contributed by atoms with Crippen molar-refractivity contribution in [2.24, 2.45) is 0 Å². The smallest absolute Gasteiger partial charge is 0.306 e. The highest BCUT2D eigenvalue weighted by molar-refractivity contribution is 5.71. The molecule has 2 N–H and O–H groups in total. The highest BCUT2D eigenvalue weighted by Crippen LogP contribution is 2.18. The predicted molar refractivity (Wildman–Crippen MR) is 321 cm³/mol. The minimum atomic E-state index is -0.760. The molecule has 448 valence electrons. The van der Waals surface area contributed by atoms with Crippen LogP contribution in [0.4, 0.5) is 0 Å². The topological polar surface area (TPSA) is 123 Å². The molecule has 0 aromatic carbocycles. The zero-order valence-electron chi connectivity index (χ0n) is 50.9. The lowest BCUT2D eigenvalue weighted by Crippen LogP contribution is -2.30. The third-order valence-corrected chi connectivity index (χ3v) is 15.0. The Bertz CT molecular complexity index is 1070. The van der Waals surface area contributed by atoms with Crippen molar-refractivity contribution >= 4 is 17.9 Å². The van der Waals surface area contributed by atoms with Gasteiger partial charge in [0, 0.05) is 32.4 Å². The van der Waals surface area contributed by atoms with Crippen molar-refractivity contribution in [3.05, 3.63) is 0 Å². The molecule has 0 amide bonds. The van der Waals surface area contributed by atoms with E-state index in [9.17, 15) is 14.4 Å². The van der Waals surface area contributed by atoms with Crippen LogP contribution in [0.5, 0.6) is 0 Å². The number of aliphatic hydroxyl groups is 2. The lowest BCUT2D eigenvalue weighted by molar-refractivity contribution is -0.167. The van der Waals surface area contributed by atoms with Gasteiger partial charge in [-0.15, -0.1) is 0 Å². The average molecular weight is 1070 g/mol. The van der Waals surface area contributed by atoms with Crippen LogP contribution in [0, 0.1) is 0 Å². The summed E-state index contributed by atoms with van der Waals surface area (Å²) in [4.78, 5) is 40.2. The standard InChI is InChI=1S/C57H110O6.C9H21NO2/c1-4-7-10-13-16-19-22-25-28-31-34-37-40-43-46-49-55(58)61-52-54(63-57(60)51-48-45-42-39-36-33-30-27-24-21-18-15-12-9-6-3)53-62-56(59)50-47-44-41-38-35-32-29-26-23-20-17-14-11-8-5-2;1-2-3-4-5-10(6-8-11)7-9-12/h54H,4-53H2,1-3H3;11-12H,2-9H2,1H3. The molecule has 0 heterocycles. The van der Waals surface area contributed by atoms with Crippen molar-refractivity contribution in [2.45, 2.75) is 361 Å². The van der Waals surface area contributed by atoms with Gasteiger partial charge >= 0.3 is 17.9 Å². The Kier molecular flexibility index (Phi) is 66.9. The van der Waals surface area contributed by atoms with Crippen LogP contribution < -0.4 is 0 Å². The summed E-state index contributed by atoms with van der Waals surface area (Å²) >= 11 is 0. The first-order chi connectivity index (χ1) is 36.9. The second-order valence-corrected chi connectivity index (χ2v) is 22.6.